The van der Waals surface area contributed by atoms with Crippen molar-refractivity contribution in [1.82, 2.24) is 19.6 Å². The molecule has 0 amide bonds. The van der Waals surface area contributed by atoms with Crippen molar-refractivity contribution in [3.05, 3.63) is 17.6 Å². The molecule has 2 saturated heterocycles. The Bertz CT molecular complexity index is 695. The molecule has 0 aromatic carbocycles. The van der Waals surface area contributed by atoms with E-state index in [0.29, 0.717) is 11.8 Å². The van der Waals surface area contributed by atoms with Crippen LogP contribution in [0.2, 0.25) is 0 Å². The van der Waals surface area contributed by atoms with Gasteiger partial charge in [0.2, 0.25) is 0 Å². The third-order valence-electron chi connectivity index (χ3n) is 4.81. The highest BCUT2D eigenvalue weighted by Gasteiger charge is 2.40. The maximum atomic E-state index is 6.11. The lowest BCUT2D eigenvalue weighted by Gasteiger charge is -2.38. The molecule has 2 aromatic rings. The Morgan fingerprint density at radius 1 is 1.45 bits per heavy atom. The topological polar surface area (TPSA) is 64.3 Å². The molecule has 2 fully saturated rings. The Morgan fingerprint density at radius 2 is 2.36 bits per heavy atom. The molecule has 0 radical (unpaired) electrons. The highest BCUT2D eigenvalue weighted by Crippen LogP contribution is 2.39. The van der Waals surface area contributed by atoms with Crippen molar-refractivity contribution in [3.8, 4) is 0 Å². The van der Waals surface area contributed by atoms with E-state index in [0.717, 1.165) is 42.3 Å². The van der Waals surface area contributed by atoms with E-state index in [1.807, 2.05) is 23.2 Å². The first kappa shape index (κ1) is 14.3. The molecule has 0 saturated carbocycles. The van der Waals surface area contributed by atoms with Crippen LogP contribution in [0.3, 0.4) is 0 Å². The van der Waals surface area contributed by atoms with Crippen molar-refractivity contribution in [2.75, 3.05) is 23.4 Å². The lowest BCUT2D eigenvalue weighted by atomic mass is 9.90. The largest absolute Gasteiger partial charge is 0.374 e. The van der Waals surface area contributed by atoms with E-state index in [4.69, 9.17) is 4.74 Å². The van der Waals surface area contributed by atoms with E-state index in [1.165, 1.54) is 12.2 Å². The van der Waals surface area contributed by atoms with Crippen molar-refractivity contribution in [3.63, 3.8) is 0 Å². The summed E-state index contributed by atoms with van der Waals surface area (Å²) in [6.45, 7) is 4.95. The smallest absolute Gasteiger partial charge is 0.254 e. The van der Waals surface area contributed by atoms with Gasteiger partial charge in [-0.1, -0.05) is 0 Å². The average molecular weight is 319 g/mol. The first-order valence-corrected chi connectivity index (χ1v) is 8.98. The molecular weight excluding hydrogens is 298 g/mol. The fraction of sp³-hybridized carbons (Fsp3) is 0.667. The Hall–Kier alpha value is -1.34. The fourth-order valence-corrected chi connectivity index (χ4v) is 4.79. The molecule has 4 rings (SSSR count). The molecule has 6 nitrogen and oxygen atoms in total. The second kappa shape index (κ2) is 5.38. The quantitative estimate of drug-likeness (QED) is 0.915. The van der Waals surface area contributed by atoms with Crippen LogP contribution in [0.25, 0.3) is 5.78 Å². The maximum Gasteiger partial charge on any atom is 0.254 e. The number of thioether (sulfide) groups is 1. The van der Waals surface area contributed by atoms with E-state index in [9.17, 15) is 0 Å². The summed E-state index contributed by atoms with van der Waals surface area (Å²) in [6.07, 6.45) is 4.83. The average Bonchev–Trinajstić information content (AvgIpc) is 3.14. The highest BCUT2D eigenvalue weighted by atomic mass is 32.2. The summed E-state index contributed by atoms with van der Waals surface area (Å²) in [6, 6.07) is 0.417. The number of fused-ring (bicyclic) bond motifs is 1. The zero-order valence-corrected chi connectivity index (χ0v) is 13.8. The molecule has 2 aliphatic heterocycles. The van der Waals surface area contributed by atoms with Gasteiger partial charge in [-0.3, -0.25) is 0 Å². The first-order valence-electron chi connectivity index (χ1n) is 7.82. The molecular formula is C15H21N5OS. The molecule has 2 atom stereocenters. The third kappa shape index (κ3) is 2.36. The Labute approximate surface area is 134 Å². The van der Waals surface area contributed by atoms with E-state index >= 15 is 0 Å². The van der Waals surface area contributed by atoms with Gasteiger partial charge in [-0.25, -0.2) is 4.98 Å². The molecule has 22 heavy (non-hydrogen) atoms. The van der Waals surface area contributed by atoms with Gasteiger partial charge < -0.3 is 10.1 Å². The van der Waals surface area contributed by atoms with E-state index in [2.05, 4.69) is 27.3 Å². The molecule has 7 heteroatoms. The predicted octanol–water partition coefficient (Wildman–Crippen LogP) is 2.21. The zero-order chi connectivity index (χ0) is 15.2. The molecule has 2 aliphatic rings. The summed E-state index contributed by atoms with van der Waals surface area (Å²) in [5.74, 6) is 4.02. The van der Waals surface area contributed by atoms with Crippen LogP contribution in [-0.2, 0) is 4.74 Å². The molecule has 1 spiro atoms. The number of aromatic nitrogens is 4. The summed E-state index contributed by atoms with van der Waals surface area (Å²) in [5.41, 5.74) is 2.22. The summed E-state index contributed by atoms with van der Waals surface area (Å²) < 4.78 is 7.93. The fourth-order valence-electron chi connectivity index (χ4n) is 3.41. The van der Waals surface area contributed by atoms with Crippen molar-refractivity contribution in [1.29, 1.82) is 0 Å². The Kier molecular flexibility index (Phi) is 3.49. The zero-order valence-electron chi connectivity index (χ0n) is 13.0. The predicted molar refractivity (Wildman–Crippen MR) is 87.5 cm³/mol. The standard InChI is InChI=1S/C15H21N5OS/c1-10-11(2)18-14-16-9-17-20(14)13(10)19-12-3-5-21-15(7-12)4-6-22-8-15/h9,12,19H,3-8H2,1-2H3/t12-,15-/m1/s1. The van der Waals surface area contributed by atoms with Gasteiger partial charge in [0, 0.05) is 29.7 Å². The van der Waals surface area contributed by atoms with Crippen LogP contribution in [0.4, 0.5) is 5.82 Å². The van der Waals surface area contributed by atoms with Gasteiger partial charge in [-0.15, -0.1) is 0 Å². The second-order valence-electron chi connectivity index (χ2n) is 6.31. The minimum absolute atomic E-state index is 0.0814. The van der Waals surface area contributed by atoms with Crippen molar-refractivity contribution in [2.45, 2.75) is 44.8 Å². The first-order chi connectivity index (χ1) is 10.7. The van der Waals surface area contributed by atoms with Crippen LogP contribution in [0, 0.1) is 13.8 Å². The minimum Gasteiger partial charge on any atom is -0.374 e. The van der Waals surface area contributed by atoms with Gasteiger partial charge in [-0.2, -0.15) is 26.4 Å². The number of hydrogen-bond acceptors (Lipinski definition) is 6. The molecule has 0 bridgehead atoms. The van der Waals surface area contributed by atoms with Gasteiger partial charge in [0.15, 0.2) is 0 Å². The van der Waals surface area contributed by atoms with Crippen LogP contribution in [0.5, 0.6) is 0 Å². The van der Waals surface area contributed by atoms with Crippen molar-refractivity contribution in [2.24, 2.45) is 0 Å². The molecule has 2 aromatic heterocycles. The van der Waals surface area contributed by atoms with Gasteiger partial charge in [0.25, 0.3) is 5.78 Å². The lowest BCUT2D eigenvalue weighted by molar-refractivity contribution is -0.0628. The molecule has 1 N–H and O–H groups in total. The van der Waals surface area contributed by atoms with Gasteiger partial charge in [-0.05, 0) is 38.9 Å². The molecule has 0 unspecified atom stereocenters. The summed E-state index contributed by atoms with van der Waals surface area (Å²) in [5, 5.41) is 8.02. The summed E-state index contributed by atoms with van der Waals surface area (Å²) >= 11 is 2.01. The molecule has 4 heterocycles. The minimum atomic E-state index is 0.0814. The number of nitrogens with zero attached hydrogens (tertiary/aromatic N) is 4. The maximum absolute atomic E-state index is 6.11. The van der Waals surface area contributed by atoms with E-state index < -0.39 is 0 Å². The Morgan fingerprint density at radius 3 is 3.18 bits per heavy atom. The molecule has 118 valence electrons. The normalized spacial score (nSPS) is 28.5. The summed E-state index contributed by atoms with van der Waals surface area (Å²) in [4.78, 5) is 8.70. The van der Waals surface area contributed by atoms with Crippen molar-refractivity contribution < 1.29 is 4.74 Å². The van der Waals surface area contributed by atoms with Crippen LogP contribution in [-0.4, -0.2) is 49.3 Å². The van der Waals surface area contributed by atoms with Crippen LogP contribution < -0.4 is 5.32 Å². The van der Waals surface area contributed by atoms with Gasteiger partial charge >= 0.3 is 0 Å². The number of hydrogen-bond donors (Lipinski definition) is 1. The number of ether oxygens (including phenoxy) is 1. The van der Waals surface area contributed by atoms with E-state index in [-0.39, 0.29) is 5.60 Å². The van der Waals surface area contributed by atoms with Crippen LogP contribution >= 0.6 is 11.8 Å². The molecule has 0 aliphatic carbocycles. The lowest BCUT2D eigenvalue weighted by Crippen LogP contribution is -2.44. The summed E-state index contributed by atoms with van der Waals surface area (Å²) in [7, 11) is 0. The van der Waals surface area contributed by atoms with Crippen LogP contribution in [0.1, 0.15) is 30.5 Å². The van der Waals surface area contributed by atoms with Gasteiger partial charge in [0.05, 0.1) is 5.60 Å². The number of nitrogens with one attached hydrogen (secondary N) is 1. The number of anilines is 1. The SMILES string of the molecule is Cc1nc2ncnn2c(N[C@@H]2CCO[C@]3(CCSC3)C2)c1C. The number of aryl methyl sites for hydroxylation is 1. The number of rotatable bonds is 2. The van der Waals surface area contributed by atoms with Crippen molar-refractivity contribution >= 4 is 23.4 Å². The Balaban J connectivity index is 1.63. The highest BCUT2D eigenvalue weighted by molar-refractivity contribution is 7.99. The monoisotopic (exact) mass is 319 g/mol. The third-order valence-corrected chi connectivity index (χ3v) is 6.03. The van der Waals surface area contributed by atoms with E-state index in [1.54, 1.807) is 6.33 Å². The van der Waals surface area contributed by atoms with Crippen LogP contribution in [0.15, 0.2) is 6.33 Å². The van der Waals surface area contributed by atoms with Gasteiger partial charge in [0.1, 0.15) is 12.1 Å². The second-order valence-corrected chi connectivity index (χ2v) is 7.42.